The van der Waals surface area contributed by atoms with Crippen LogP contribution in [0, 0.1) is 11.7 Å². The molecule has 2 aromatic rings. The van der Waals surface area contributed by atoms with Crippen LogP contribution in [0.5, 0.6) is 0 Å². The second-order valence-corrected chi connectivity index (χ2v) is 7.32. The van der Waals surface area contributed by atoms with Crippen LogP contribution in [0.2, 0.25) is 0 Å². The van der Waals surface area contributed by atoms with Gasteiger partial charge in [-0.15, -0.1) is 0 Å². The molecule has 6 nitrogen and oxygen atoms in total. The smallest absolute Gasteiger partial charge is 0.309 e. The van der Waals surface area contributed by atoms with Gasteiger partial charge < -0.3 is 14.8 Å². The number of nitrogens with zero attached hydrogens (tertiary/aromatic N) is 1. The van der Waals surface area contributed by atoms with E-state index in [4.69, 9.17) is 4.42 Å². The minimum absolute atomic E-state index is 0.0551. The number of hydrogen-bond donors (Lipinski definition) is 2. The molecule has 1 atom stereocenters. The Hall–Kier alpha value is -2.67. The molecule has 2 aliphatic rings. The summed E-state index contributed by atoms with van der Waals surface area (Å²) in [5.41, 5.74) is -0.208. The van der Waals surface area contributed by atoms with E-state index in [1.165, 1.54) is 6.07 Å². The molecule has 2 saturated heterocycles. The van der Waals surface area contributed by atoms with Crippen molar-refractivity contribution in [3.8, 4) is 11.3 Å². The number of piperidine rings is 1. The highest BCUT2D eigenvalue weighted by molar-refractivity contribution is 5.88. The Morgan fingerprint density at radius 3 is 2.70 bits per heavy atom. The largest absolute Gasteiger partial charge is 0.481 e. The molecule has 1 amide bonds. The first-order valence-electron chi connectivity index (χ1n) is 9.07. The van der Waals surface area contributed by atoms with Crippen LogP contribution in [-0.2, 0) is 16.1 Å². The van der Waals surface area contributed by atoms with Crippen LogP contribution in [0.3, 0.4) is 0 Å². The van der Waals surface area contributed by atoms with Gasteiger partial charge in [0.1, 0.15) is 17.3 Å². The number of carboxylic acid groups (broad SMARTS) is 1. The maximum Gasteiger partial charge on any atom is 0.309 e. The number of rotatable bonds is 4. The van der Waals surface area contributed by atoms with Crippen LogP contribution in [0.15, 0.2) is 40.8 Å². The fourth-order valence-corrected chi connectivity index (χ4v) is 4.19. The van der Waals surface area contributed by atoms with E-state index < -0.39 is 17.4 Å². The summed E-state index contributed by atoms with van der Waals surface area (Å²) in [5.74, 6) is -0.864. The molecule has 4 rings (SSSR count). The lowest BCUT2D eigenvalue weighted by molar-refractivity contribution is -0.144. The number of nitrogens with one attached hydrogen (secondary N) is 1. The zero-order valence-electron chi connectivity index (χ0n) is 14.8. The lowest BCUT2D eigenvalue weighted by atomic mass is 9.78. The maximum absolute atomic E-state index is 13.9. The average Bonchev–Trinajstić information content (AvgIpc) is 3.22. The molecular formula is C20H21FN2O4. The molecule has 1 aromatic heterocycles. The fraction of sp³-hybridized carbons (Fsp3) is 0.400. The Balaban J connectivity index is 1.41. The third kappa shape index (κ3) is 3.35. The molecule has 2 fully saturated rings. The number of furan rings is 1. The fourth-order valence-electron chi connectivity index (χ4n) is 4.19. The number of aliphatic carboxylic acids is 1. The summed E-state index contributed by atoms with van der Waals surface area (Å²) in [6.07, 6.45) is 1.24. The van der Waals surface area contributed by atoms with Gasteiger partial charge in [0.2, 0.25) is 5.91 Å². The lowest BCUT2D eigenvalue weighted by Crippen LogP contribution is -2.55. The van der Waals surface area contributed by atoms with Crippen molar-refractivity contribution in [2.24, 2.45) is 5.92 Å². The summed E-state index contributed by atoms with van der Waals surface area (Å²) in [6.45, 7) is 1.90. The summed E-state index contributed by atoms with van der Waals surface area (Å²) < 4.78 is 19.7. The predicted molar refractivity (Wildman–Crippen MR) is 95.2 cm³/mol. The molecule has 7 heteroatoms. The molecule has 0 bridgehead atoms. The van der Waals surface area contributed by atoms with Gasteiger partial charge in [0, 0.05) is 19.5 Å². The molecule has 1 spiro atoms. The second-order valence-electron chi connectivity index (χ2n) is 7.32. The van der Waals surface area contributed by atoms with E-state index in [0.717, 1.165) is 5.76 Å². The number of carbonyl (C=O) groups excluding carboxylic acids is 1. The van der Waals surface area contributed by atoms with Crippen molar-refractivity contribution in [2.75, 3.05) is 13.1 Å². The number of likely N-dealkylation sites (tertiary alicyclic amines) is 1. The summed E-state index contributed by atoms with van der Waals surface area (Å²) in [7, 11) is 0. The number of carbonyl (C=O) groups is 2. The zero-order valence-corrected chi connectivity index (χ0v) is 14.8. The van der Waals surface area contributed by atoms with Crippen LogP contribution in [0.1, 0.15) is 25.0 Å². The predicted octanol–water partition coefficient (Wildman–Crippen LogP) is 2.64. The van der Waals surface area contributed by atoms with Crippen LogP contribution in [-0.4, -0.2) is 40.5 Å². The molecule has 0 aliphatic carbocycles. The molecular weight excluding hydrogens is 351 g/mol. The van der Waals surface area contributed by atoms with E-state index in [0.29, 0.717) is 43.8 Å². The van der Waals surface area contributed by atoms with Crippen molar-refractivity contribution < 1.29 is 23.5 Å². The Labute approximate surface area is 156 Å². The molecule has 27 heavy (non-hydrogen) atoms. The number of amides is 1. The van der Waals surface area contributed by atoms with Crippen molar-refractivity contribution >= 4 is 11.9 Å². The Bertz CT molecular complexity index is 870. The first-order chi connectivity index (χ1) is 13.0. The van der Waals surface area contributed by atoms with E-state index in [1.807, 2.05) is 6.07 Å². The van der Waals surface area contributed by atoms with Gasteiger partial charge in [-0.3, -0.25) is 14.5 Å². The quantitative estimate of drug-likeness (QED) is 0.862. The van der Waals surface area contributed by atoms with Gasteiger partial charge in [0.05, 0.1) is 23.6 Å². The van der Waals surface area contributed by atoms with E-state index in [9.17, 15) is 19.1 Å². The molecule has 0 saturated carbocycles. The van der Waals surface area contributed by atoms with Crippen LogP contribution in [0.25, 0.3) is 11.3 Å². The van der Waals surface area contributed by atoms with Crippen molar-refractivity contribution in [3.63, 3.8) is 0 Å². The standard InChI is InChI=1S/C20H21FN2O4/c21-16-4-2-1-3-14(16)17-6-5-13(27-17)12-23-9-7-20(8-10-23)15(19(25)26)11-18(24)22-20/h1-6,15H,7-12H2,(H,22,24)(H,25,26). The van der Waals surface area contributed by atoms with E-state index >= 15 is 0 Å². The molecule has 1 aromatic carbocycles. The summed E-state index contributed by atoms with van der Waals surface area (Å²) in [5, 5.41) is 12.3. The van der Waals surface area contributed by atoms with Crippen LogP contribution < -0.4 is 5.32 Å². The molecule has 2 aliphatic heterocycles. The van der Waals surface area contributed by atoms with E-state index in [2.05, 4.69) is 10.2 Å². The van der Waals surface area contributed by atoms with Crippen LogP contribution in [0.4, 0.5) is 4.39 Å². The summed E-state index contributed by atoms with van der Waals surface area (Å²) in [4.78, 5) is 25.4. The average molecular weight is 372 g/mol. The number of halogens is 1. The molecule has 0 radical (unpaired) electrons. The van der Waals surface area contributed by atoms with Crippen molar-refractivity contribution in [1.29, 1.82) is 0 Å². The monoisotopic (exact) mass is 372 g/mol. The number of benzene rings is 1. The minimum atomic E-state index is -0.914. The van der Waals surface area contributed by atoms with Crippen molar-refractivity contribution in [1.82, 2.24) is 10.2 Å². The minimum Gasteiger partial charge on any atom is -0.481 e. The van der Waals surface area contributed by atoms with Gasteiger partial charge in [-0.25, -0.2) is 4.39 Å². The number of hydrogen-bond acceptors (Lipinski definition) is 4. The summed E-state index contributed by atoms with van der Waals surface area (Å²) in [6, 6.07) is 10.1. The lowest BCUT2D eigenvalue weighted by Gasteiger charge is -2.41. The molecule has 142 valence electrons. The van der Waals surface area contributed by atoms with Gasteiger partial charge in [-0.05, 0) is 37.1 Å². The van der Waals surface area contributed by atoms with Gasteiger partial charge >= 0.3 is 5.97 Å². The Morgan fingerprint density at radius 2 is 2.00 bits per heavy atom. The van der Waals surface area contributed by atoms with Gasteiger partial charge in [-0.2, -0.15) is 0 Å². The SMILES string of the molecule is O=C1CC(C(=O)O)C2(CCN(Cc3ccc(-c4ccccc4F)o3)CC2)N1. The highest BCUT2D eigenvalue weighted by atomic mass is 19.1. The first-order valence-corrected chi connectivity index (χ1v) is 9.07. The van der Waals surface area contributed by atoms with Gasteiger partial charge in [0.15, 0.2) is 0 Å². The molecule has 2 N–H and O–H groups in total. The van der Waals surface area contributed by atoms with E-state index in [-0.39, 0.29) is 18.1 Å². The van der Waals surface area contributed by atoms with Gasteiger partial charge in [0.25, 0.3) is 0 Å². The third-order valence-electron chi connectivity index (χ3n) is 5.67. The molecule has 1 unspecified atom stereocenters. The maximum atomic E-state index is 13.9. The Kier molecular flexibility index (Phi) is 4.47. The Morgan fingerprint density at radius 1 is 1.26 bits per heavy atom. The van der Waals surface area contributed by atoms with Crippen molar-refractivity contribution in [3.05, 3.63) is 48.0 Å². The highest BCUT2D eigenvalue weighted by Gasteiger charge is 2.51. The van der Waals surface area contributed by atoms with Crippen LogP contribution >= 0.6 is 0 Å². The zero-order chi connectivity index (χ0) is 19.0. The normalized spacial score (nSPS) is 22.1. The van der Waals surface area contributed by atoms with E-state index in [1.54, 1.807) is 24.3 Å². The molecule has 3 heterocycles. The summed E-state index contributed by atoms with van der Waals surface area (Å²) >= 11 is 0. The topological polar surface area (TPSA) is 82.8 Å². The van der Waals surface area contributed by atoms with Gasteiger partial charge in [-0.1, -0.05) is 12.1 Å². The first kappa shape index (κ1) is 17.7. The number of carboxylic acids is 1. The van der Waals surface area contributed by atoms with Crippen molar-refractivity contribution in [2.45, 2.75) is 31.3 Å². The second kappa shape index (κ2) is 6.81. The third-order valence-corrected chi connectivity index (χ3v) is 5.67. The highest BCUT2D eigenvalue weighted by Crippen LogP contribution is 2.37.